The van der Waals surface area contributed by atoms with E-state index in [1.807, 2.05) is 42.5 Å². The minimum atomic E-state index is -0.871. The number of anilines is 1. The number of hydrogen-bond acceptors (Lipinski definition) is 10. The molecule has 1 amide bonds. The number of unbranched alkanes of at least 4 members (excludes halogenated alkanes) is 3. The predicted octanol–water partition coefficient (Wildman–Crippen LogP) is 4.39. The van der Waals surface area contributed by atoms with Crippen LogP contribution in [0.1, 0.15) is 66.4 Å². The molecule has 7 N–H and O–H groups in total. The Labute approximate surface area is 311 Å². The molecule has 286 valence electrons. The summed E-state index contributed by atoms with van der Waals surface area (Å²) in [6.45, 7) is 5.11. The minimum Gasteiger partial charge on any atom is -0.494 e. The molecular formula is C39H53N7O7. The lowest BCUT2D eigenvalue weighted by Gasteiger charge is -2.38. The summed E-state index contributed by atoms with van der Waals surface area (Å²) in [5.41, 5.74) is 8.74. The number of amides is 1. The largest absolute Gasteiger partial charge is 0.494 e. The number of aromatic nitrogens is 1. The second kappa shape index (κ2) is 22.9. The molecule has 1 fully saturated rings. The first-order chi connectivity index (χ1) is 25.8. The van der Waals surface area contributed by atoms with Gasteiger partial charge in [-0.15, -0.1) is 0 Å². The Morgan fingerprint density at radius 2 is 1.53 bits per heavy atom. The van der Waals surface area contributed by atoms with Gasteiger partial charge < -0.3 is 45.7 Å². The van der Waals surface area contributed by atoms with Crippen molar-refractivity contribution in [1.82, 2.24) is 15.6 Å². The Balaban J connectivity index is 1.14. The molecule has 0 atom stereocenters. The third-order valence-corrected chi connectivity index (χ3v) is 8.65. The highest BCUT2D eigenvalue weighted by molar-refractivity contribution is 6.07. The molecule has 4 rings (SSSR count). The maximum Gasteiger partial charge on any atom is 0.305 e. The van der Waals surface area contributed by atoms with Gasteiger partial charge in [-0.1, -0.05) is 24.6 Å². The molecule has 1 saturated heterocycles. The average molecular weight is 732 g/mol. The fourth-order valence-corrected chi connectivity index (χ4v) is 5.70. The van der Waals surface area contributed by atoms with Gasteiger partial charge >= 0.3 is 5.97 Å². The van der Waals surface area contributed by atoms with Crippen molar-refractivity contribution in [3.63, 3.8) is 0 Å². The molecule has 3 aromatic rings. The van der Waals surface area contributed by atoms with Crippen LogP contribution >= 0.6 is 0 Å². The summed E-state index contributed by atoms with van der Waals surface area (Å²) in [4.78, 5) is 32.1. The van der Waals surface area contributed by atoms with Gasteiger partial charge in [0, 0.05) is 42.4 Å². The normalized spacial score (nSPS) is 14.0. The average Bonchev–Trinajstić information content (AvgIpc) is 3.17. The zero-order chi connectivity index (χ0) is 37.6. The molecule has 1 aromatic heterocycles. The van der Waals surface area contributed by atoms with Gasteiger partial charge in [0.2, 0.25) is 0 Å². The molecule has 1 aliphatic heterocycles. The Morgan fingerprint density at radius 1 is 0.849 bits per heavy atom. The topological polar surface area (TPSA) is 202 Å². The number of pyridine rings is 1. The molecule has 0 unspecified atom stereocenters. The summed E-state index contributed by atoms with van der Waals surface area (Å²) in [5.74, 6) is 0.0996. The first kappa shape index (κ1) is 40.9. The molecule has 0 saturated carbocycles. The number of aliphatic imine (C=N–C) groups is 1. The Hall–Kier alpha value is -4.89. The Morgan fingerprint density at radius 3 is 2.26 bits per heavy atom. The van der Waals surface area contributed by atoms with Gasteiger partial charge in [-0.05, 0) is 93.2 Å². The van der Waals surface area contributed by atoms with E-state index in [0.717, 1.165) is 55.8 Å². The maximum absolute atomic E-state index is 13.2. The van der Waals surface area contributed by atoms with E-state index < -0.39 is 11.5 Å². The van der Waals surface area contributed by atoms with E-state index in [1.54, 1.807) is 30.6 Å². The van der Waals surface area contributed by atoms with Crippen molar-refractivity contribution in [3.8, 4) is 5.75 Å². The SMILES string of the molecule is N=C(N=C(N)C1(Nc2cccc(C(=O)NCc3cccc(OCCCCCCOCCOCCOCCC(=O)O)c3)c2)CCNCC1)c1ccncc1. The van der Waals surface area contributed by atoms with Crippen LogP contribution < -0.4 is 26.4 Å². The van der Waals surface area contributed by atoms with Gasteiger partial charge in [0.05, 0.1) is 51.6 Å². The Bertz CT molecular complexity index is 1600. The van der Waals surface area contributed by atoms with Crippen LogP contribution in [0.4, 0.5) is 5.69 Å². The van der Waals surface area contributed by atoms with Crippen LogP contribution in [0.2, 0.25) is 0 Å². The summed E-state index contributed by atoms with van der Waals surface area (Å²) < 4.78 is 22.1. The van der Waals surface area contributed by atoms with Crippen molar-refractivity contribution in [1.29, 1.82) is 5.41 Å². The van der Waals surface area contributed by atoms with Gasteiger partial charge in [0.15, 0.2) is 5.84 Å². The van der Waals surface area contributed by atoms with Crippen molar-refractivity contribution in [2.75, 3.05) is 64.7 Å². The van der Waals surface area contributed by atoms with Crippen LogP contribution in [0, 0.1) is 5.41 Å². The van der Waals surface area contributed by atoms with E-state index in [4.69, 9.17) is 35.2 Å². The lowest BCUT2D eigenvalue weighted by molar-refractivity contribution is -0.138. The lowest BCUT2D eigenvalue weighted by Crippen LogP contribution is -2.56. The number of carbonyl (C=O) groups is 2. The van der Waals surface area contributed by atoms with Crippen LogP contribution in [-0.4, -0.2) is 98.5 Å². The van der Waals surface area contributed by atoms with Gasteiger partial charge in [-0.25, -0.2) is 4.99 Å². The highest BCUT2D eigenvalue weighted by Crippen LogP contribution is 2.26. The number of carboxylic acid groups (broad SMARTS) is 1. The number of rotatable bonds is 24. The molecule has 53 heavy (non-hydrogen) atoms. The number of carbonyl (C=O) groups excluding carboxylic acids is 1. The molecule has 2 heterocycles. The molecule has 14 nitrogen and oxygen atoms in total. The summed E-state index contributed by atoms with van der Waals surface area (Å²) in [7, 11) is 0. The molecule has 2 aromatic carbocycles. The van der Waals surface area contributed by atoms with Gasteiger partial charge in [0.25, 0.3) is 5.91 Å². The Kier molecular flexibility index (Phi) is 17.7. The predicted molar refractivity (Wildman–Crippen MR) is 204 cm³/mol. The maximum atomic E-state index is 13.2. The van der Waals surface area contributed by atoms with Crippen LogP contribution in [-0.2, 0) is 25.5 Å². The number of amidine groups is 2. The van der Waals surface area contributed by atoms with E-state index in [1.165, 1.54) is 0 Å². The summed E-state index contributed by atoms with van der Waals surface area (Å²) in [6, 6.07) is 18.5. The van der Waals surface area contributed by atoms with E-state index in [9.17, 15) is 9.59 Å². The third-order valence-electron chi connectivity index (χ3n) is 8.65. The van der Waals surface area contributed by atoms with E-state index >= 15 is 0 Å². The van der Waals surface area contributed by atoms with Crippen molar-refractivity contribution < 1.29 is 33.6 Å². The van der Waals surface area contributed by atoms with Crippen LogP contribution in [0.5, 0.6) is 5.75 Å². The zero-order valence-electron chi connectivity index (χ0n) is 30.3. The van der Waals surface area contributed by atoms with Crippen LogP contribution in [0.3, 0.4) is 0 Å². The molecule has 0 bridgehead atoms. The summed E-state index contributed by atoms with van der Waals surface area (Å²) >= 11 is 0. The molecule has 1 aliphatic rings. The monoisotopic (exact) mass is 731 g/mol. The highest BCUT2D eigenvalue weighted by Gasteiger charge is 2.36. The second-order valence-electron chi connectivity index (χ2n) is 12.7. The van der Waals surface area contributed by atoms with E-state index in [0.29, 0.717) is 76.0 Å². The van der Waals surface area contributed by atoms with Crippen molar-refractivity contribution in [2.24, 2.45) is 10.7 Å². The van der Waals surface area contributed by atoms with Gasteiger partial charge in [-0.2, -0.15) is 0 Å². The number of carboxylic acids is 1. The fourth-order valence-electron chi connectivity index (χ4n) is 5.70. The fraction of sp³-hybridized carbons (Fsp3) is 0.462. The first-order valence-electron chi connectivity index (χ1n) is 18.2. The number of benzene rings is 2. The standard InChI is InChI=1S/C39H53N7O7/c40-36(31-11-16-42-17-12-31)45-38(41)39(14-18-43-19-15-39)46-33-9-6-8-32(28-33)37(49)44-29-30-7-5-10-34(27-30)53-21-4-2-1-3-20-50-23-25-52-26-24-51-22-13-35(47)48/h5-12,16-17,27-28,43,46H,1-4,13-15,18-26,29H2,(H,44,49)(H,47,48)(H3,40,41,45). The summed E-state index contributed by atoms with van der Waals surface area (Å²) in [5, 5.41) is 27.0. The van der Waals surface area contributed by atoms with Gasteiger partial charge in [-0.3, -0.25) is 20.0 Å². The summed E-state index contributed by atoms with van der Waals surface area (Å²) in [6.07, 6.45) is 8.55. The number of hydrogen-bond donors (Lipinski definition) is 6. The second-order valence-corrected chi connectivity index (χ2v) is 12.7. The van der Waals surface area contributed by atoms with E-state index in [-0.39, 0.29) is 24.8 Å². The molecule has 0 spiro atoms. The van der Waals surface area contributed by atoms with Crippen molar-refractivity contribution in [3.05, 3.63) is 89.7 Å². The van der Waals surface area contributed by atoms with Crippen LogP contribution in [0.25, 0.3) is 0 Å². The van der Waals surface area contributed by atoms with E-state index in [2.05, 4.69) is 25.9 Å². The van der Waals surface area contributed by atoms with Gasteiger partial charge in [0.1, 0.15) is 11.6 Å². The van der Waals surface area contributed by atoms with Crippen LogP contribution in [0.15, 0.2) is 78.0 Å². The molecule has 0 radical (unpaired) electrons. The smallest absolute Gasteiger partial charge is 0.305 e. The molecule has 0 aliphatic carbocycles. The molecule has 14 heteroatoms. The highest BCUT2D eigenvalue weighted by atomic mass is 16.5. The third kappa shape index (κ3) is 14.9. The number of nitrogens with two attached hydrogens (primary N) is 1. The first-order valence-corrected chi connectivity index (χ1v) is 18.2. The van der Waals surface area contributed by atoms with Crippen molar-refractivity contribution >= 4 is 29.2 Å². The number of nitrogens with one attached hydrogen (secondary N) is 4. The lowest BCUT2D eigenvalue weighted by atomic mass is 9.86. The zero-order valence-corrected chi connectivity index (χ0v) is 30.3. The number of piperidine rings is 1. The minimum absolute atomic E-state index is 0.00110. The number of nitrogens with zero attached hydrogens (tertiary/aromatic N) is 2. The number of ether oxygens (including phenoxy) is 4. The van der Waals surface area contributed by atoms with Crippen molar-refractivity contribution in [2.45, 2.75) is 57.0 Å². The number of aliphatic carboxylic acids is 1. The quantitative estimate of drug-likeness (QED) is 0.0433. The molecular weight excluding hydrogens is 678 g/mol.